The molecule has 7 nitrogen and oxygen atoms in total. The number of carbonyl (C=O) groups is 2. The number of rotatable bonds is 5. The van der Waals surface area contributed by atoms with Gasteiger partial charge in [0.2, 0.25) is 11.8 Å². The minimum absolute atomic E-state index is 0.00623. The lowest BCUT2D eigenvalue weighted by Crippen LogP contribution is -2.44. The van der Waals surface area contributed by atoms with Crippen LogP contribution < -0.4 is 9.47 Å². The van der Waals surface area contributed by atoms with Gasteiger partial charge in [-0.1, -0.05) is 6.07 Å². The number of pyridine rings is 1. The molecule has 2 aromatic rings. The van der Waals surface area contributed by atoms with E-state index < -0.39 is 0 Å². The molecule has 31 heavy (non-hydrogen) atoms. The van der Waals surface area contributed by atoms with Gasteiger partial charge < -0.3 is 19.3 Å². The van der Waals surface area contributed by atoms with Gasteiger partial charge in [-0.15, -0.1) is 0 Å². The summed E-state index contributed by atoms with van der Waals surface area (Å²) in [5.41, 5.74) is 2.77. The predicted octanol–water partition coefficient (Wildman–Crippen LogP) is 3.21. The number of hydrogen-bond acceptors (Lipinski definition) is 5. The van der Waals surface area contributed by atoms with Crippen molar-refractivity contribution in [3.8, 4) is 11.5 Å². The molecule has 0 saturated carbocycles. The minimum Gasteiger partial charge on any atom is -0.493 e. The highest BCUT2D eigenvalue weighted by Crippen LogP contribution is 2.33. The Kier molecular flexibility index (Phi) is 6.21. The molecule has 0 N–H and O–H groups in total. The molecule has 0 aliphatic carbocycles. The molecular weight excluding hydrogens is 394 g/mol. The molecule has 2 amide bonds. The van der Waals surface area contributed by atoms with Crippen molar-refractivity contribution in [1.29, 1.82) is 0 Å². The average Bonchev–Trinajstić information content (AvgIpc) is 2.96. The van der Waals surface area contributed by atoms with Gasteiger partial charge in [0.1, 0.15) is 6.54 Å². The molecule has 2 aliphatic heterocycles. The number of aromatic nitrogens is 1. The van der Waals surface area contributed by atoms with Crippen LogP contribution in [-0.2, 0) is 16.0 Å². The Morgan fingerprint density at radius 2 is 2.00 bits per heavy atom. The molecule has 0 bridgehead atoms. The van der Waals surface area contributed by atoms with Gasteiger partial charge in [-0.2, -0.15) is 0 Å². The zero-order valence-electron chi connectivity index (χ0n) is 17.9. The van der Waals surface area contributed by atoms with E-state index in [0.29, 0.717) is 18.0 Å². The summed E-state index contributed by atoms with van der Waals surface area (Å²) >= 11 is 0. The van der Waals surface area contributed by atoms with Crippen LogP contribution in [0.2, 0.25) is 0 Å². The Hall–Kier alpha value is -3.35. The number of benzene rings is 1. The number of fused-ring (bicyclic) bond motifs is 1. The van der Waals surface area contributed by atoms with Crippen LogP contribution in [0.5, 0.6) is 11.5 Å². The molecule has 1 aromatic carbocycles. The highest BCUT2D eigenvalue weighted by atomic mass is 16.5. The summed E-state index contributed by atoms with van der Waals surface area (Å²) in [7, 11) is 3.15. The number of likely N-dealkylation sites (tertiary alicyclic amines) is 1. The summed E-state index contributed by atoms with van der Waals surface area (Å²) in [5, 5.41) is 0. The quantitative estimate of drug-likeness (QED) is 0.741. The maximum atomic E-state index is 13.2. The van der Waals surface area contributed by atoms with Crippen molar-refractivity contribution in [3.05, 3.63) is 59.5 Å². The molecule has 4 rings (SSSR count). The Balaban J connectivity index is 1.52. The summed E-state index contributed by atoms with van der Waals surface area (Å²) < 4.78 is 10.7. The minimum atomic E-state index is -0.120. The van der Waals surface area contributed by atoms with Crippen molar-refractivity contribution in [3.63, 3.8) is 0 Å². The molecule has 0 spiro atoms. The standard InChI is InChI=1S/C24H27N3O4/c1-30-21-12-17-8-11-26(23(28)14-19(17)13-22(21)31-2)16-24(29)27-10-4-3-7-20(27)18-6-5-9-25-15-18/h5-6,8-9,11-13,15,20H,3-4,7,10,14,16H2,1-2H3. The lowest BCUT2D eigenvalue weighted by molar-refractivity contribution is -0.140. The zero-order chi connectivity index (χ0) is 21.8. The largest absolute Gasteiger partial charge is 0.493 e. The molecular formula is C24H27N3O4. The molecule has 1 unspecified atom stereocenters. The molecule has 1 aromatic heterocycles. The fourth-order valence-corrected chi connectivity index (χ4v) is 4.29. The number of ether oxygens (including phenoxy) is 2. The smallest absolute Gasteiger partial charge is 0.243 e. The van der Waals surface area contributed by atoms with Crippen molar-refractivity contribution in [2.75, 3.05) is 27.3 Å². The molecule has 7 heteroatoms. The number of nitrogens with zero attached hydrogens (tertiary/aromatic N) is 3. The van der Waals surface area contributed by atoms with Crippen molar-refractivity contribution < 1.29 is 19.1 Å². The van der Waals surface area contributed by atoms with E-state index in [-0.39, 0.29) is 30.8 Å². The third-order valence-corrected chi connectivity index (χ3v) is 5.94. The number of hydrogen-bond donors (Lipinski definition) is 0. The van der Waals surface area contributed by atoms with Gasteiger partial charge in [-0.3, -0.25) is 14.6 Å². The van der Waals surface area contributed by atoms with E-state index in [1.54, 1.807) is 26.6 Å². The fraction of sp³-hybridized carbons (Fsp3) is 0.375. The maximum absolute atomic E-state index is 13.2. The predicted molar refractivity (Wildman–Crippen MR) is 117 cm³/mol. The van der Waals surface area contributed by atoms with Crippen molar-refractivity contribution >= 4 is 17.9 Å². The third-order valence-electron chi connectivity index (χ3n) is 5.94. The second-order valence-electron chi connectivity index (χ2n) is 7.81. The van der Waals surface area contributed by atoms with Crippen LogP contribution in [0.25, 0.3) is 6.08 Å². The van der Waals surface area contributed by atoms with E-state index in [1.807, 2.05) is 41.4 Å². The zero-order valence-corrected chi connectivity index (χ0v) is 17.9. The number of piperidine rings is 1. The second kappa shape index (κ2) is 9.20. The Morgan fingerprint density at radius 3 is 2.74 bits per heavy atom. The summed E-state index contributed by atoms with van der Waals surface area (Å²) in [4.78, 5) is 33.8. The van der Waals surface area contributed by atoms with Gasteiger partial charge >= 0.3 is 0 Å². The van der Waals surface area contributed by atoms with Crippen LogP contribution in [0.1, 0.15) is 42.0 Å². The fourth-order valence-electron chi connectivity index (χ4n) is 4.29. The molecule has 1 atom stereocenters. The van der Waals surface area contributed by atoms with E-state index in [2.05, 4.69) is 4.98 Å². The second-order valence-corrected chi connectivity index (χ2v) is 7.81. The van der Waals surface area contributed by atoms with Crippen LogP contribution in [-0.4, -0.2) is 53.9 Å². The van der Waals surface area contributed by atoms with Crippen LogP contribution in [0.4, 0.5) is 0 Å². The summed E-state index contributed by atoms with van der Waals surface area (Å²) in [6, 6.07) is 7.59. The van der Waals surface area contributed by atoms with Gasteiger partial charge in [0.15, 0.2) is 11.5 Å². The Labute approximate surface area is 182 Å². The number of carbonyl (C=O) groups excluding carboxylic acids is 2. The normalized spacial score (nSPS) is 18.4. The first-order valence-electron chi connectivity index (χ1n) is 10.5. The van der Waals surface area contributed by atoms with Crippen LogP contribution in [0.15, 0.2) is 42.9 Å². The van der Waals surface area contributed by atoms with Crippen LogP contribution >= 0.6 is 0 Å². The average molecular weight is 421 g/mol. The van der Waals surface area contributed by atoms with Crippen LogP contribution in [0.3, 0.4) is 0 Å². The SMILES string of the molecule is COc1cc2c(cc1OC)CC(=O)N(CC(=O)N1CCCCC1c1cccnc1)C=C2. The first-order chi connectivity index (χ1) is 15.1. The first-order valence-corrected chi connectivity index (χ1v) is 10.5. The summed E-state index contributed by atoms with van der Waals surface area (Å²) in [6.07, 6.45) is 10.3. The molecule has 1 saturated heterocycles. The van der Waals surface area contributed by atoms with Gasteiger partial charge in [0.25, 0.3) is 0 Å². The van der Waals surface area contributed by atoms with Crippen molar-refractivity contribution in [2.45, 2.75) is 31.7 Å². The number of amides is 2. The van der Waals surface area contributed by atoms with E-state index in [0.717, 1.165) is 36.0 Å². The first kappa shape index (κ1) is 20.9. The van der Waals surface area contributed by atoms with Crippen molar-refractivity contribution in [2.24, 2.45) is 0 Å². The molecule has 1 fully saturated rings. The van der Waals surface area contributed by atoms with Gasteiger partial charge in [-0.05, 0) is 60.2 Å². The highest BCUT2D eigenvalue weighted by molar-refractivity contribution is 5.89. The van der Waals surface area contributed by atoms with E-state index in [9.17, 15) is 9.59 Å². The van der Waals surface area contributed by atoms with Gasteiger partial charge in [0, 0.05) is 25.1 Å². The van der Waals surface area contributed by atoms with E-state index in [4.69, 9.17) is 9.47 Å². The molecule has 2 aliphatic rings. The van der Waals surface area contributed by atoms with Crippen molar-refractivity contribution in [1.82, 2.24) is 14.8 Å². The van der Waals surface area contributed by atoms with E-state index in [1.165, 1.54) is 4.90 Å². The van der Waals surface area contributed by atoms with Crippen LogP contribution in [0, 0.1) is 0 Å². The Bertz CT molecular complexity index is 990. The monoisotopic (exact) mass is 421 g/mol. The Morgan fingerprint density at radius 1 is 1.19 bits per heavy atom. The molecule has 0 radical (unpaired) electrons. The number of methoxy groups -OCH3 is 2. The highest BCUT2D eigenvalue weighted by Gasteiger charge is 2.30. The maximum Gasteiger partial charge on any atom is 0.243 e. The summed E-state index contributed by atoms with van der Waals surface area (Å²) in [5.74, 6) is 1.02. The topological polar surface area (TPSA) is 72.0 Å². The lowest BCUT2D eigenvalue weighted by atomic mass is 9.96. The summed E-state index contributed by atoms with van der Waals surface area (Å²) in [6.45, 7) is 0.715. The van der Waals surface area contributed by atoms with Gasteiger partial charge in [0.05, 0.1) is 26.7 Å². The molecule has 162 valence electrons. The lowest BCUT2D eigenvalue weighted by Gasteiger charge is -2.36. The van der Waals surface area contributed by atoms with Gasteiger partial charge in [-0.25, -0.2) is 0 Å². The molecule has 3 heterocycles. The van der Waals surface area contributed by atoms with E-state index >= 15 is 0 Å². The third kappa shape index (κ3) is 4.40.